The molecule has 0 unspecified atom stereocenters. The zero-order chi connectivity index (χ0) is 9.10. The minimum Gasteiger partial charge on any atom is -0.314 e. The van der Waals surface area contributed by atoms with E-state index >= 15 is 0 Å². The number of nitrogens with one attached hydrogen (secondary N) is 2. The van der Waals surface area contributed by atoms with Gasteiger partial charge in [0.25, 0.3) is 0 Å². The highest BCUT2D eigenvalue weighted by Gasteiger charge is 2.15. The van der Waals surface area contributed by atoms with Gasteiger partial charge >= 0.3 is 0 Å². The Kier molecular flexibility index (Phi) is 5.15. The molecule has 0 aliphatic carbocycles. The van der Waals surface area contributed by atoms with E-state index in [0.29, 0.717) is 6.04 Å². The van der Waals surface area contributed by atoms with Crippen LogP contribution in [0.1, 0.15) is 11.6 Å². The van der Waals surface area contributed by atoms with Gasteiger partial charge in [0.1, 0.15) is 0 Å². The highest BCUT2D eigenvalue weighted by molar-refractivity contribution is 14.1. The molecule has 78 valence electrons. The van der Waals surface area contributed by atoms with Crippen molar-refractivity contribution in [2.24, 2.45) is 0 Å². The first-order valence-electron chi connectivity index (χ1n) is 4.56. The number of rotatable bonds is 1. The van der Waals surface area contributed by atoms with Gasteiger partial charge in [-0.2, -0.15) is 0 Å². The van der Waals surface area contributed by atoms with Gasteiger partial charge in [-0.25, -0.2) is 0 Å². The van der Waals surface area contributed by atoms with Crippen LogP contribution in [0.5, 0.6) is 0 Å². The van der Waals surface area contributed by atoms with Crippen LogP contribution in [0.4, 0.5) is 0 Å². The van der Waals surface area contributed by atoms with Crippen LogP contribution < -0.4 is 10.6 Å². The molecule has 1 heterocycles. The largest absolute Gasteiger partial charge is 0.314 e. The van der Waals surface area contributed by atoms with Gasteiger partial charge < -0.3 is 10.6 Å². The van der Waals surface area contributed by atoms with E-state index in [1.54, 1.807) is 0 Å². The van der Waals surface area contributed by atoms with E-state index in [1.165, 1.54) is 9.13 Å². The van der Waals surface area contributed by atoms with Crippen molar-refractivity contribution in [3.8, 4) is 0 Å². The molecule has 1 aliphatic heterocycles. The van der Waals surface area contributed by atoms with Crippen LogP contribution in [0.3, 0.4) is 0 Å². The predicted octanol–water partition coefficient (Wildman–Crippen LogP) is 1.95. The van der Waals surface area contributed by atoms with Crippen LogP contribution in [0, 0.1) is 3.57 Å². The van der Waals surface area contributed by atoms with Crippen LogP contribution in [-0.4, -0.2) is 19.6 Å². The molecule has 0 aromatic heterocycles. The summed E-state index contributed by atoms with van der Waals surface area (Å²) in [5, 5.41) is 6.90. The molecular formula is C10H14ClIN2. The van der Waals surface area contributed by atoms with E-state index in [1.807, 2.05) is 0 Å². The van der Waals surface area contributed by atoms with Gasteiger partial charge in [0.05, 0.1) is 0 Å². The molecule has 2 rings (SSSR count). The van der Waals surface area contributed by atoms with Gasteiger partial charge in [0.15, 0.2) is 0 Å². The monoisotopic (exact) mass is 324 g/mol. The number of piperazine rings is 1. The lowest BCUT2D eigenvalue weighted by atomic mass is 10.1. The maximum absolute atomic E-state index is 3.51. The van der Waals surface area contributed by atoms with E-state index in [9.17, 15) is 0 Å². The summed E-state index contributed by atoms with van der Waals surface area (Å²) in [6, 6.07) is 9.04. The Hall–Kier alpha value is 0.160. The average Bonchev–Trinajstić information content (AvgIpc) is 2.20. The fourth-order valence-corrected chi connectivity index (χ4v) is 2.39. The highest BCUT2D eigenvalue weighted by atomic mass is 127. The number of hydrogen-bond acceptors (Lipinski definition) is 2. The van der Waals surface area contributed by atoms with Gasteiger partial charge in [0, 0.05) is 29.2 Å². The second-order valence-corrected chi connectivity index (χ2v) is 4.39. The van der Waals surface area contributed by atoms with E-state index in [4.69, 9.17) is 0 Å². The summed E-state index contributed by atoms with van der Waals surface area (Å²) in [4.78, 5) is 0. The lowest BCUT2D eigenvalue weighted by Crippen LogP contribution is -2.42. The lowest BCUT2D eigenvalue weighted by molar-refractivity contribution is 0.429. The van der Waals surface area contributed by atoms with E-state index in [-0.39, 0.29) is 12.4 Å². The third-order valence-electron chi connectivity index (χ3n) is 2.32. The molecule has 1 aliphatic rings. The van der Waals surface area contributed by atoms with E-state index in [2.05, 4.69) is 57.5 Å². The summed E-state index contributed by atoms with van der Waals surface area (Å²) in [7, 11) is 0. The molecule has 1 aromatic rings. The second kappa shape index (κ2) is 5.90. The van der Waals surface area contributed by atoms with Crippen LogP contribution >= 0.6 is 35.0 Å². The first-order chi connectivity index (χ1) is 6.38. The normalized spacial score (nSPS) is 21.4. The maximum Gasteiger partial charge on any atom is 0.0457 e. The summed E-state index contributed by atoms with van der Waals surface area (Å²) in [6.45, 7) is 3.19. The predicted molar refractivity (Wildman–Crippen MR) is 70.0 cm³/mol. The van der Waals surface area contributed by atoms with Crippen LogP contribution in [0.15, 0.2) is 24.3 Å². The summed E-state index contributed by atoms with van der Waals surface area (Å²) in [5.41, 5.74) is 1.41. The molecular weight excluding hydrogens is 310 g/mol. The Morgan fingerprint density at radius 1 is 1.21 bits per heavy atom. The fraction of sp³-hybridized carbons (Fsp3) is 0.400. The maximum atomic E-state index is 3.51. The molecule has 0 radical (unpaired) electrons. The van der Waals surface area contributed by atoms with Crippen LogP contribution in [0.25, 0.3) is 0 Å². The minimum atomic E-state index is 0. The first kappa shape index (κ1) is 12.2. The van der Waals surface area contributed by atoms with Gasteiger partial charge in [-0.3, -0.25) is 0 Å². The molecule has 1 aromatic carbocycles. The first-order valence-corrected chi connectivity index (χ1v) is 5.64. The molecule has 2 nitrogen and oxygen atoms in total. The fourth-order valence-electron chi connectivity index (χ4n) is 1.63. The second-order valence-electron chi connectivity index (χ2n) is 3.23. The summed E-state index contributed by atoms with van der Waals surface area (Å²) in [5.74, 6) is 0. The van der Waals surface area contributed by atoms with E-state index < -0.39 is 0 Å². The van der Waals surface area contributed by atoms with Crippen LogP contribution in [0.2, 0.25) is 0 Å². The summed E-state index contributed by atoms with van der Waals surface area (Å²) >= 11 is 2.39. The SMILES string of the molecule is Cl.Ic1ccccc1[C@@H]1CNCCN1. The molecule has 0 bridgehead atoms. The van der Waals surface area contributed by atoms with Gasteiger partial charge in [-0.1, -0.05) is 18.2 Å². The Morgan fingerprint density at radius 2 is 2.00 bits per heavy atom. The Morgan fingerprint density at radius 3 is 2.64 bits per heavy atom. The molecule has 2 N–H and O–H groups in total. The third kappa shape index (κ3) is 2.82. The summed E-state index contributed by atoms with van der Waals surface area (Å²) < 4.78 is 1.35. The van der Waals surface area contributed by atoms with Gasteiger partial charge in [-0.05, 0) is 34.2 Å². The molecule has 0 spiro atoms. The topological polar surface area (TPSA) is 24.1 Å². The van der Waals surface area contributed by atoms with E-state index in [0.717, 1.165) is 19.6 Å². The third-order valence-corrected chi connectivity index (χ3v) is 3.30. The minimum absolute atomic E-state index is 0. The zero-order valence-corrected chi connectivity index (χ0v) is 10.8. The standard InChI is InChI=1S/C10H13IN2.ClH/c11-9-4-2-1-3-8(9)10-7-12-5-6-13-10;/h1-4,10,12-13H,5-7H2;1H/t10-;/m0./s1. The van der Waals surface area contributed by atoms with Crippen molar-refractivity contribution in [1.82, 2.24) is 10.6 Å². The molecule has 1 fully saturated rings. The van der Waals surface area contributed by atoms with Crippen LogP contribution in [-0.2, 0) is 0 Å². The lowest BCUT2D eigenvalue weighted by Gasteiger charge is -2.25. The Balaban J connectivity index is 0.000000980. The van der Waals surface area contributed by atoms with Gasteiger partial charge in [0.2, 0.25) is 0 Å². The van der Waals surface area contributed by atoms with Crippen molar-refractivity contribution in [3.05, 3.63) is 33.4 Å². The van der Waals surface area contributed by atoms with Crippen molar-refractivity contribution in [1.29, 1.82) is 0 Å². The van der Waals surface area contributed by atoms with Crippen molar-refractivity contribution in [3.63, 3.8) is 0 Å². The van der Waals surface area contributed by atoms with Crippen molar-refractivity contribution in [2.75, 3.05) is 19.6 Å². The zero-order valence-electron chi connectivity index (χ0n) is 7.79. The summed E-state index contributed by atoms with van der Waals surface area (Å²) in [6.07, 6.45) is 0. The molecule has 1 atom stereocenters. The molecule has 0 amide bonds. The van der Waals surface area contributed by atoms with Gasteiger partial charge in [-0.15, -0.1) is 12.4 Å². The highest BCUT2D eigenvalue weighted by Crippen LogP contribution is 2.19. The molecule has 1 saturated heterocycles. The number of benzene rings is 1. The number of hydrogen-bond donors (Lipinski definition) is 2. The smallest absolute Gasteiger partial charge is 0.0457 e. The molecule has 14 heavy (non-hydrogen) atoms. The van der Waals surface area contributed by atoms with Crippen molar-refractivity contribution >= 4 is 35.0 Å². The Labute approximate surface area is 104 Å². The quantitative estimate of drug-likeness (QED) is 0.772. The molecule has 0 saturated carbocycles. The van der Waals surface area contributed by atoms with Crippen molar-refractivity contribution in [2.45, 2.75) is 6.04 Å². The van der Waals surface area contributed by atoms with Crippen molar-refractivity contribution < 1.29 is 0 Å². The number of halogens is 2. The average molecular weight is 325 g/mol. The molecule has 4 heteroatoms. The Bertz CT molecular complexity index is 287.